The van der Waals surface area contributed by atoms with E-state index in [1.54, 1.807) is 11.3 Å². The number of aryl methyl sites for hydroxylation is 1. The van der Waals surface area contributed by atoms with Crippen molar-refractivity contribution in [2.24, 2.45) is 0 Å². The number of carboxylic acids is 1. The van der Waals surface area contributed by atoms with Crippen LogP contribution in [0, 0.1) is 0 Å². The van der Waals surface area contributed by atoms with Crippen molar-refractivity contribution >= 4 is 17.3 Å². The average molecular weight is 264 g/mol. The second-order valence-corrected chi connectivity index (χ2v) is 4.72. The van der Waals surface area contributed by atoms with Crippen LogP contribution >= 0.6 is 11.3 Å². The first-order valence-electron chi connectivity index (χ1n) is 5.47. The molecule has 0 radical (unpaired) electrons. The molecule has 0 saturated carbocycles. The van der Waals surface area contributed by atoms with Gasteiger partial charge in [-0.05, 0) is 12.5 Å². The zero-order valence-electron chi connectivity index (χ0n) is 9.79. The van der Waals surface area contributed by atoms with Gasteiger partial charge in [-0.15, -0.1) is 11.3 Å². The largest absolute Gasteiger partial charge is 0.478 e. The van der Waals surface area contributed by atoms with Gasteiger partial charge in [0.25, 0.3) is 5.56 Å². The van der Waals surface area contributed by atoms with Crippen molar-refractivity contribution in [1.82, 2.24) is 9.55 Å². The van der Waals surface area contributed by atoms with Gasteiger partial charge in [-0.25, -0.2) is 9.78 Å². The third kappa shape index (κ3) is 2.65. The summed E-state index contributed by atoms with van der Waals surface area (Å²) in [5.41, 5.74) is 0.492. The quantitative estimate of drug-likeness (QED) is 0.910. The highest BCUT2D eigenvalue weighted by molar-refractivity contribution is 7.09. The van der Waals surface area contributed by atoms with Crippen LogP contribution < -0.4 is 5.56 Å². The van der Waals surface area contributed by atoms with Crippen LogP contribution in [0.1, 0.15) is 28.0 Å². The van der Waals surface area contributed by atoms with Crippen LogP contribution in [0.5, 0.6) is 0 Å². The lowest BCUT2D eigenvalue weighted by Gasteiger charge is -2.03. The predicted molar refractivity (Wildman–Crippen MR) is 68.3 cm³/mol. The lowest BCUT2D eigenvalue weighted by atomic mass is 10.2. The molecule has 0 fully saturated rings. The van der Waals surface area contributed by atoms with E-state index in [2.05, 4.69) is 4.98 Å². The topological polar surface area (TPSA) is 72.2 Å². The molecule has 2 aromatic rings. The molecule has 0 unspecified atom stereocenters. The standard InChI is InChI=1S/C12H12N2O3S/c1-2-10-13-9(7-18-10)6-14-4-3-8(12(16)17)5-11(14)15/h3-5,7H,2,6H2,1H3,(H,16,17). The summed E-state index contributed by atoms with van der Waals surface area (Å²) in [5.74, 6) is -1.10. The van der Waals surface area contributed by atoms with Crippen molar-refractivity contribution in [2.75, 3.05) is 0 Å². The fourth-order valence-corrected chi connectivity index (χ4v) is 2.27. The molecule has 0 amide bonds. The molecule has 2 rings (SSSR count). The van der Waals surface area contributed by atoms with Gasteiger partial charge in [0.2, 0.25) is 0 Å². The van der Waals surface area contributed by atoms with Crippen molar-refractivity contribution in [2.45, 2.75) is 19.9 Å². The van der Waals surface area contributed by atoms with Gasteiger partial charge in [-0.3, -0.25) is 4.79 Å². The molecular formula is C12H12N2O3S. The maximum atomic E-state index is 11.7. The fourth-order valence-electron chi connectivity index (χ4n) is 1.53. The van der Waals surface area contributed by atoms with E-state index in [9.17, 15) is 9.59 Å². The normalized spacial score (nSPS) is 10.5. The summed E-state index contributed by atoms with van der Waals surface area (Å²) in [7, 11) is 0. The van der Waals surface area contributed by atoms with Gasteiger partial charge in [0, 0.05) is 17.6 Å². The van der Waals surface area contributed by atoms with Gasteiger partial charge < -0.3 is 9.67 Å². The Balaban J connectivity index is 2.24. The van der Waals surface area contributed by atoms with Crippen molar-refractivity contribution in [3.8, 4) is 0 Å². The molecule has 0 saturated heterocycles. The molecule has 0 spiro atoms. The lowest BCUT2D eigenvalue weighted by molar-refractivity contribution is 0.0696. The van der Waals surface area contributed by atoms with Gasteiger partial charge in [0.15, 0.2) is 0 Å². The molecule has 5 nitrogen and oxygen atoms in total. The highest BCUT2D eigenvalue weighted by atomic mass is 32.1. The number of aromatic nitrogens is 2. The summed E-state index contributed by atoms with van der Waals surface area (Å²) in [5, 5.41) is 11.7. The minimum atomic E-state index is -1.10. The average Bonchev–Trinajstić information content (AvgIpc) is 2.79. The number of nitrogens with zero attached hydrogens (tertiary/aromatic N) is 2. The Morgan fingerprint density at radius 2 is 2.33 bits per heavy atom. The summed E-state index contributed by atoms with van der Waals surface area (Å²) in [6, 6.07) is 2.53. The van der Waals surface area contributed by atoms with Gasteiger partial charge in [0.1, 0.15) is 0 Å². The van der Waals surface area contributed by atoms with Crippen molar-refractivity contribution < 1.29 is 9.90 Å². The Labute approximate surface area is 107 Å². The molecule has 0 atom stereocenters. The second kappa shape index (κ2) is 5.14. The summed E-state index contributed by atoms with van der Waals surface area (Å²) in [4.78, 5) is 26.8. The second-order valence-electron chi connectivity index (χ2n) is 3.77. The van der Waals surface area contributed by atoms with Gasteiger partial charge >= 0.3 is 5.97 Å². The Bertz CT molecular complexity index is 630. The molecule has 2 heterocycles. The van der Waals surface area contributed by atoms with Crippen LogP contribution in [0.25, 0.3) is 0 Å². The minimum Gasteiger partial charge on any atom is -0.478 e. The van der Waals surface area contributed by atoms with E-state index in [1.807, 2.05) is 12.3 Å². The highest BCUT2D eigenvalue weighted by Gasteiger charge is 2.06. The molecule has 0 aromatic carbocycles. The first kappa shape index (κ1) is 12.5. The molecule has 0 bridgehead atoms. The van der Waals surface area contributed by atoms with Crippen LogP contribution in [0.15, 0.2) is 28.5 Å². The van der Waals surface area contributed by atoms with E-state index in [4.69, 9.17) is 5.11 Å². The molecule has 94 valence electrons. The third-order valence-electron chi connectivity index (χ3n) is 2.48. The van der Waals surface area contributed by atoms with E-state index < -0.39 is 5.97 Å². The monoisotopic (exact) mass is 264 g/mol. The molecule has 0 aliphatic rings. The minimum absolute atomic E-state index is 0.00350. The Hall–Kier alpha value is -1.95. The molecule has 1 N–H and O–H groups in total. The molecule has 2 aromatic heterocycles. The number of thiazole rings is 1. The first-order chi connectivity index (χ1) is 8.60. The van der Waals surface area contributed by atoms with Crippen LogP contribution in [0.2, 0.25) is 0 Å². The zero-order chi connectivity index (χ0) is 13.1. The molecule has 0 aliphatic heterocycles. The molecular weight excluding hydrogens is 252 g/mol. The van der Waals surface area contributed by atoms with E-state index in [1.165, 1.54) is 16.8 Å². The number of rotatable bonds is 4. The van der Waals surface area contributed by atoms with Crippen LogP contribution in [-0.2, 0) is 13.0 Å². The Kier molecular flexibility index (Phi) is 3.57. The molecule has 0 aliphatic carbocycles. The summed E-state index contributed by atoms with van der Waals surface area (Å²) < 4.78 is 1.45. The number of aromatic carboxylic acids is 1. The number of hydrogen-bond donors (Lipinski definition) is 1. The van der Waals surface area contributed by atoms with Crippen molar-refractivity contribution in [1.29, 1.82) is 0 Å². The molecule has 18 heavy (non-hydrogen) atoms. The smallest absolute Gasteiger partial charge is 0.335 e. The number of pyridine rings is 1. The van der Waals surface area contributed by atoms with E-state index >= 15 is 0 Å². The predicted octanol–water partition coefficient (Wildman–Crippen LogP) is 1.61. The highest BCUT2D eigenvalue weighted by Crippen LogP contribution is 2.10. The third-order valence-corrected chi connectivity index (χ3v) is 3.52. The van der Waals surface area contributed by atoms with Crippen LogP contribution in [0.4, 0.5) is 0 Å². The zero-order valence-corrected chi connectivity index (χ0v) is 10.6. The van der Waals surface area contributed by atoms with Gasteiger partial charge in [-0.2, -0.15) is 0 Å². The summed E-state index contributed by atoms with van der Waals surface area (Å²) >= 11 is 1.56. The van der Waals surface area contributed by atoms with Gasteiger partial charge in [0.05, 0.1) is 22.8 Å². The van der Waals surface area contributed by atoms with Crippen molar-refractivity contribution in [3.63, 3.8) is 0 Å². The van der Waals surface area contributed by atoms with Crippen LogP contribution in [-0.4, -0.2) is 20.6 Å². The number of carbonyl (C=O) groups is 1. The maximum Gasteiger partial charge on any atom is 0.335 e. The molecule has 6 heteroatoms. The summed E-state index contributed by atoms with van der Waals surface area (Å²) in [6.45, 7) is 2.39. The van der Waals surface area contributed by atoms with Crippen LogP contribution in [0.3, 0.4) is 0 Å². The number of hydrogen-bond acceptors (Lipinski definition) is 4. The SMILES string of the molecule is CCc1nc(Cn2ccc(C(=O)O)cc2=O)cs1. The van der Waals surface area contributed by atoms with E-state index in [0.29, 0.717) is 6.54 Å². The first-order valence-corrected chi connectivity index (χ1v) is 6.35. The van der Waals surface area contributed by atoms with E-state index in [0.717, 1.165) is 23.2 Å². The van der Waals surface area contributed by atoms with Gasteiger partial charge in [-0.1, -0.05) is 6.92 Å². The Morgan fingerprint density at radius 1 is 1.56 bits per heavy atom. The Morgan fingerprint density at radius 3 is 2.89 bits per heavy atom. The van der Waals surface area contributed by atoms with E-state index in [-0.39, 0.29) is 11.1 Å². The maximum absolute atomic E-state index is 11.7. The summed E-state index contributed by atoms with van der Waals surface area (Å²) in [6.07, 6.45) is 2.36. The fraction of sp³-hybridized carbons (Fsp3) is 0.250. The number of carboxylic acid groups (broad SMARTS) is 1. The lowest BCUT2D eigenvalue weighted by Crippen LogP contribution is -2.20. The van der Waals surface area contributed by atoms with Crippen molar-refractivity contribution in [3.05, 3.63) is 50.3 Å².